The molecule has 166 valence electrons. The van der Waals surface area contributed by atoms with E-state index >= 15 is 0 Å². The highest BCUT2D eigenvalue weighted by molar-refractivity contribution is 6.21. The molecule has 0 fully saturated rings. The fourth-order valence-electron chi connectivity index (χ4n) is 4.82. The summed E-state index contributed by atoms with van der Waals surface area (Å²) in [7, 11) is 0. The van der Waals surface area contributed by atoms with E-state index in [1.54, 1.807) is 17.6 Å². The number of ether oxygens (including phenoxy) is 1. The smallest absolute Gasteiger partial charge is 0.343 e. The van der Waals surface area contributed by atoms with Crippen LogP contribution in [0.1, 0.15) is 67.2 Å². The molecule has 1 N–H and O–H groups in total. The van der Waals surface area contributed by atoms with E-state index in [0.29, 0.717) is 29.1 Å². The number of esters is 1. The van der Waals surface area contributed by atoms with E-state index in [9.17, 15) is 14.7 Å². The van der Waals surface area contributed by atoms with Gasteiger partial charge in [-0.25, -0.2) is 9.78 Å². The lowest BCUT2D eigenvalue weighted by atomic mass is 9.86. The number of benzene rings is 1. The topological polar surface area (TPSA) is 81.4 Å². The number of hydrogen-bond donors (Lipinski definition) is 1. The molecule has 7 heteroatoms. The average Bonchev–Trinajstić information content (AvgIpc) is 3.16. The van der Waals surface area contributed by atoms with Crippen LogP contribution < -0.4 is 5.56 Å². The summed E-state index contributed by atoms with van der Waals surface area (Å²) in [6.07, 6.45) is 3.09. The Hall–Kier alpha value is -2.70. The molecule has 6 nitrogen and oxygen atoms in total. The molecule has 2 atom stereocenters. The van der Waals surface area contributed by atoms with Gasteiger partial charge in [-0.3, -0.25) is 4.79 Å². The number of halogens is 1. The monoisotopic (exact) mass is 452 g/mol. The van der Waals surface area contributed by atoms with E-state index in [-0.39, 0.29) is 24.0 Å². The second-order valence-corrected chi connectivity index (χ2v) is 9.15. The zero-order valence-electron chi connectivity index (χ0n) is 18.2. The van der Waals surface area contributed by atoms with E-state index in [1.807, 2.05) is 18.2 Å². The number of aliphatic hydroxyl groups is 1. The largest absolute Gasteiger partial charge is 0.458 e. The molecule has 2 aliphatic rings. The summed E-state index contributed by atoms with van der Waals surface area (Å²) in [6, 6.07) is 9.81. The third kappa shape index (κ3) is 3.00. The molecular formula is C25H25ClN2O4. The highest BCUT2D eigenvalue weighted by Gasteiger charge is 2.45. The number of hydrogen-bond acceptors (Lipinski definition) is 5. The van der Waals surface area contributed by atoms with Crippen molar-refractivity contribution in [3.8, 4) is 11.4 Å². The SMILES string of the molecule is CCCCC(Cl)c1cccc2cc3c(nc12)-c1cc2c(c(=O)n1C3)COC(=O)[C@]2(O)CC. The molecule has 0 spiro atoms. The van der Waals surface area contributed by atoms with Crippen molar-refractivity contribution in [3.05, 3.63) is 62.9 Å². The number of alkyl halides is 1. The van der Waals surface area contributed by atoms with Gasteiger partial charge in [-0.15, -0.1) is 11.6 Å². The molecule has 1 unspecified atom stereocenters. The van der Waals surface area contributed by atoms with Crippen LogP contribution in [-0.4, -0.2) is 20.6 Å². The predicted octanol–water partition coefficient (Wildman–Crippen LogP) is 4.55. The summed E-state index contributed by atoms with van der Waals surface area (Å²) < 4.78 is 6.79. The van der Waals surface area contributed by atoms with Crippen molar-refractivity contribution in [2.75, 3.05) is 0 Å². The molecule has 2 aliphatic heterocycles. The predicted molar refractivity (Wildman–Crippen MR) is 123 cm³/mol. The van der Waals surface area contributed by atoms with Crippen LogP contribution in [0.25, 0.3) is 22.3 Å². The molecule has 0 saturated carbocycles. The number of nitrogens with zero attached hydrogens (tertiary/aromatic N) is 2. The minimum Gasteiger partial charge on any atom is -0.458 e. The Labute approximate surface area is 190 Å². The van der Waals surface area contributed by atoms with Crippen LogP contribution in [0.2, 0.25) is 0 Å². The van der Waals surface area contributed by atoms with Gasteiger partial charge in [0.05, 0.1) is 34.4 Å². The number of fused-ring (bicyclic) bond motifs is 5. The lowest BCUT2D eigenvalue weighted by molar-refractivity contribution is -0.172. The summed E-state index contributed by atoms with van der Waals surface area (Å²) in [5, 5.41) is 11.9. The summed E-state index contributed by atoms with van der Waals surface area (Å²) >= 11 is 6.73. The maximum atomic E-state index is 13.3. The molecule has 0 aliphatic carbocycles. The van der Waals surface area contributed by atoms with Gasteiger partial charge in [0.2, 0.25) is 0 Å². The highest BCUT2D eigenvalue weighted by atomic mass is 35.5. The van der Waals surface area contributed by atoms with Crippen molar-refractivity contribution in [2.45, 2.75) is 63.7 Å². The Morgan fingerprint density at radius 3 is 2.84 bits per heavy atom. The molecule has 1 aromatic carbocycles. The maximum absolute atomic E-state index is 13.3. The second-order valence-electron chi connectivity index (χ2n) is 8.63. The number of carbonyl (C=O) groups is 1. The maximum Gasteiger partial charge on any atom is 0.343 e. The first kappa shape index (κ1) is 21.2. The lowest BCUT2D eigenvalue weighted by Crippen LogP contribution is -2.44. The first-order valence-electron chi connectivity index (χ1n) is 11.1. The zero-order valence-corrected chi connectivity index (χ0v) is 18.9. The molecule has 0 amide bonds. The van der Waals surface area contributed by atoms with E-state index < -0.39 is 11.6 Å². The van der Waals surface area contributed by atoms with Crippen molar-refractivity contribution in [1.82, 2.24) is 9.55 Å². The Balaban J connectivity index is 1.71. The minimum atomic E-state index is -1.82. The molecule has 5 rings (SSSR count). The fraction of sp³-hybridized carbons (Fsp3) is 0.400. The first-order chi connectivity index (χ1) is 15.4. The van der Waals surface area contributed by atoms with E-state index in [4.69, 9.17) is 21.3 Å². The Bertz CT molecular complexity index is 1320. The van der Waals surface area contributed by atoms with Crippen molar-refractivity contribution < 1.29 is 14.6 Å². The average molecular weight is 453 g/mol. The quantitative estimate of drug-likeness (QED) is 0.355. The number of cyclic esters (lactones) is 1. The number of carbonyl (C=O) groups excluding carboxylic acids is 1. The Morgan fingerprint density at radius 2 is 2.09 bits per heavy atom. The lowest BCUT2D eigenvalue weighted by Gasteiger charge is -2.31. The van der Waals surface area contributed by atoms with E-state index in [2.05, 4.69) is 13.0 Å². The van der Waals surface area contributed by atoms with Crippen molar-refractivity contribution in [3.63, 3.8) is 0 Å². The van der Waals surface area contributed by atoms with Crippen LogP contribution in [0.5, 0.6) is 0 Å². The number of rotatable bonds is 5. The molecule has 4 heterocycles. The highest BCUT2D eigenvalue weighted by Crippen LogP contribution is 2.40. The second kappa shape index (κ2) is 7.71. The minimum absolute atomic E-state index is 0.120. The zero-order chi connectivity index (χ0) is 22.6. The fourth-order valence-corrected chi connectivity index (χ4v) is 5.15. The molecule has 3 aromatic rings. The van der Waals surface area contributed by atoms with Gasteiger partial charge in [0, 0.05) is 16.5 Å². The van der Waals surface area contributed by atoms with Gasteiger partial charge in [-0.2, -0.15) is 0 Å². The van der Waals surface area contributed by atoms with Gasteiger partial charge < -0.3 is 14.4 Å². The van der Waals surface area contributed by atoms with E-state index in [0.717, 1.165) is 41.3 Å². The standard InChI is InChI=1S/C25H25ClN2O4/c1-3-5-9-19(26)16-8-6-7-14-10-15-12-28-20(22(15)27-21(14)16)11-18-17(23(28)29)13-32-24(30)25(18,31)4-2/h6-8,10-11,19,31H,3-5,9,12-13H2,1-2H3/t19?,25-/m0/s1. The van der Waals surface area contributed by atoms with Gasteiger partial charge in [0.25, 0.3) is 5.56 Å². The van der Waals surface area contributed by atoms with Gasteiger partial charge in [-0.05, 0) is 30.5 Å². The number of unbranched alkanes of at least 4 members (excludes halogenated alkanes) is 1. The summed E-state index contributed by atoms with van der Waals surface area (Å²) in [5.41, 5.74) is 2.62. The van der Waals surface area contributed by atoms with Gasteiger partial charge in [-0.1, -0.05) is 44.9 Å². The van der Waals surface area contributed by atoms with Gasteiger partial charge in [0.15, 0.2) is 5.60 Å². The van der Waals surface area contributed by atoms with Crippen LogP contribution in [0.15, 0.2) is 35.1 Å². The number of pyridine rings is 2. The number of para-hydroxylation sites is 1. The normalized spacial score (nSPS) is 19.9. The van der Waals surface area contributed by atoms with Crippen LogP contribution in [0, 0.1) is 0 Å². The van der Waals surface area contributed by atoms with E-state index in [1.165, 1.54) is 0 Å². The summed E-state index contributed by atoms with van der Waals surface area (Å²) in [6.45, 7) is 4.10. The molecule has 2 aromatic heterocycles. The molecule has 32 heavy (non-hydrogen) atoms. The van der Waals surface area contributed by atoms with Crippen LogP contribution in [0.3, 0.4) is 0 Å². The molecule has 0 saturated heterocycles. The first-order valence-corrected chi connectivity index (χ1v) is 11.6. The van der Waals surface area contributed by atoms with Crippen LogP contribution in [-0.2, 0) is 28.3 Å². The van der Waals surface area contributed by atoms with Crippen LogP contribution in [0.4, 0.5) is 0 Å². The Morgan fingerprint density at radius 1 is 1.28 bits per heavy atom. The molecule has 0 bridgehead atoms. The number of aromatic nitrogens is 2. The Kier molecular flexibility index (Phi) is 5.10. The van der Waals surface area contributed by atoms with Crippen LogP contribution >= 0.6 is 11.6 Å². The molecular weight excluding hydrogens is 428 g/mol. The van der Waals surface area contributed by atoms with Crippen molar-refractivity contribution in [1.29, 1.82) is 0 Å². The molecule has 0 radical (unpaired) electrons. The van der Waals surface area contributed by atoms with Crippen molar-refractivity contribution in [2.24, 2.45) is 0 Å². The summed E-state index contributed by atoms with van der Waals surface area (Å²) in [4.78, 5) is 30.6. The van der Waals surface area contributed by atoms with Crippen molar-refractivity contribution >= 4 is 28.5 Å². The summed E-state index contributed by atoms with van der Waals surface area (Å²) in [5.74, 6) is -0.718. The third-order valence-electron chi connectivity index (χ3n) is 6.72. The van der Waals surface area contributed by atoms with Gasteiger partial charge in [0.1, 0.15) is 6.61 Å². The third-order valence-corrected chi connectivity index (χ3v) is 7.17. The van der Waals surface area contributed by atoms with Gasteiger partial charge >= 0.3 is 5.97 Å².